The van der Waals surface area contributed by atoms with Crippen LogP contribution in [0.4, 0.5) is 0 Å². The van der Waals surface area contributed by atoms with Gasteiger partial charge in [-0.3, -0.25) is 9.59 Å². The predicted octanol–water partition coefficient (Wildman–Crippen LogP) is 5.24. The van der Waals surface area contributed by atoms with E-state index in [0.29, 0.717) is 24.3 Å². The van der Waals surface area contributed by atoms with Crippen molar-refractivity contribution >= 4 is 11.9 Å². The summed E-state index contributed by atoms with van der Waals surface area (Å²) in [5.41, 5.74) is 2.64. The van der Waals surface area contributed by atoms with E-state index in [0.717, 1.165) is 22.3 Å². The van der Waals surface area contributed by atoms with E-state index in [1.165, 1.54) is 0 Å². The predicted molar refractivity (Wildman–Crippen MR) is 106 cm³/mol. The fourth-order valence-corrected chi connectivity index (χ4v) is 3.30. The highest BCUT2D eigenvalue weighted by Gasteiger charge is 2.46. The van der Waals surface area contributed by atoms with Crippen molar-refractivity contribution in [3.63, 3.8) is 0 Å². The lowest BCUT2D eigenvalue weighted by atomic mass is 9.82. The van der Waals surface area contributed by atoms with Gasteiger partial charge in [-0.2, -0.15) is 0 Å². The largest absolute Gasteiger partial charge is 0.426 e. The summed E-state index contributed by atoms with van der Waals surface area (Å²) in [6, 6.07) is 11.1. The molecule has 0 amide bonds. The fourth-order valence-electron chi connectivity index (χ4n) is 3.30. The van der Waals surface area contributed by atoms with Crippen molar-refractivity contribution in [1.29, 1.82) is 0 Å². The van der Waals surface area contributed by atoms with Crippen molar-refractivity contribution in [3.8, 4) is 11.5 Å². The summed E-state index contributed by atoms with van der Waals surface area (Å²) < 4.78 is 11.2. The molecule has 0 spiro atoms. The van der Waals surface area contributed by atoms with E-state index in [4.69, 9.17) is 9.47 Å². The van der Waals surface area contributed by atoms with Gasteiger partial charge in [0, 0.05) is 0 Å². The molecule has 0 unspecified atom stereocenters. The average Bonchev–Trinajstić information content (AvgIpc) is 2.54. The molecule has 2 rings (SSSR count). The molecule has 0 heterocycles. The summed E-state index contributed by atoms with van der Waals surface area (Å²) in [5, 5.41) is 0. The molecule has 0 saturated carbocycles. The summed E-state index contributed by atoms with van der Waals surface area (Å²) in [7, 11) is 0. The van der Waals surface area contributed by atoms with Crippen molar-refractivity contribution in [2.24, 2.45) is 5.41 Å². The molecule has 0 radical (unpaired) electrons. The zero-order valence-corrected chi connectivity index (χ0v) is 17.0. The molecule has 27 heavy (non-hydrogen) atoms. The van der Waals surface area contributed by atoms with Gasteiger partial charge in [0.1, 0.15) is 11.5 Å². The summed E-state index contributed by atoms with van der Waals surface area (Å²) in [6.07, 6.45) is 0.605. The number of rotatable bonds is 6. The van der Waals surface area contributed by atoms with E-state index in [1.54, 1.807) is 38.1 Å². The molecule has 0 bridgehead atoms. The standard InChI is InChI=1S/C23H28O4/c1-7-23(8-2,21(24)26-19-11-15(3)9-16(4)12-19)22(25)27-20-13-17(5)10-18(6)14-20/h9-14H,7-8H2,1-6H3. The molecule has 2 aromatic rings. The molecule has 0 aromatic heterocycles. The third-order valence-corrected chi connectivity index (χ3v) is 4.80. The molecule has 144 valence electrons. The number of benzene rings is 2. The van der Waals surface area contributed by atoms with Crippen LogP contribution >= 0.6 is 0 Å². The number of ether oxygens (including phenoxy) is 2. The Balaban J connectivity index is 2.28. The molecular formula is C23H28O4. The third-order valence-electron chi connectivity index (χ3n) is 4.80. The van der Waals surface area contributed by atoms with Crippen LogP contribution in [0.15, 0.2) is 36.4 Å². The summed E-state index contributed by atoms with van der Waals surface area (Å²) in [6.45, 7) is 11.3. The van der Waals surface area contributed by atoms with Crippen LogP contribution in [-0.4, -0.2) is 11.9 Å². The van der Waals surface area contributed by atoms with Crippen molar-refractivity contribution in [2.45, 2.75) is 54.4 Å². The lowest BCUT2D eigenvalue weighted by Crippen LogP contribution is -2.43. The lowest BCUT2D eigenvalue weighted by Gasteiger charge is -2.27. The summed E-state index contributed by atoms with van der Waals surface area (Å²) in [4.78, 5) is 25.9. The van der Waals surface area contributed by atoms with E-state index in [1.807, 2.05) is 39.8 Å². The highest BCUT2D eigenvalue weighted by Crippen LogP contribution is 2.32. The van der Waals surface area contributed by atoms with Crippen molar-refractivity contribution in [1.82, 2.24) is 0 Å². The Kier molecular flexibility index (Phi) is 6.42. The molecule has 4 nitrogen and oxygen atoms in total. The van der Waals surface area contributed by atoms with Crippen LogP contribution in [0.25, 0.3) is 0 Å². The van der Waals surface area contributed by atoms with Gasteiger partial charge in [-0.15, -0.1) is 0 Å². The van der Waals surface area contributed by atoms with Crippen LogP contribution in [0.2, 0.25) is 0 Å². The van der Waals surface area contributed by atoms with E-state index >= 15 is 0 Å². The monoisotopic (exact) mass is 368 g/mol. The minimum absolute atomic E-state index is 0.302. The first-order valence-corrected chi connectivity index (χ1v) is 9.31. The van der Waals surface area contributed by atoms with E-state index in [-0.39, 0.29) is 0 Å². The minimum atomic E-state index is -1.34. The normalized spacial score (nSPS) is 11.2. The fraction of sp³-hybridized carbons (Fsp3) is 0.391. The van der Waals surface area contributed by atoms with Crippen LogP contribution in [0.1, 0.15) is 48.9 Å². The molecule has 0 N–H and O–H groups in total. The Morgan fingerprint density at radius 2 is 0.963 bits per heavy atom. The highest BCUT2D eigenvalue weighted by atomic mass is 16.6. The van der Waals surface area contributed by atoms with Crippen LogP contribution in [0, 0.1) is 33.1 Å². The molecule has 2 aromatic carbocycles. The second kappa shape index (κ2) is 8.38. The first-order chi connectivity index (χ1) is 12.7. The van der Waals surface area contributed by atoms with Crippen molar-refractivity contribution in [3.05, 3.63) is 58.7 Å². The minimum Gasteiger partial charge on any atom is -0.426 e. The smallest absolute Gasteiger partial charge is 0.328 e. The van der Waals surface area contributed by atoms with Gasteiger partial charge in [-0.1, -0.05) is 26.0 Å². The van der Waals surface area contributed by atoms with Crippen LogP contribution < -0.4 is 9.47 Å². The molecule has 0 fully saturated rings. The number of aryl methyl sites for hydroxylation is 4. The molecule has 0 aliphatic heterocycles. The topological polar surface area (TPSA) is 52.6 Å². The number of hydrogen-bond acceptors (Lipinski definition) is 4. The summed E-state index contributed by atoms with van der Waals surface area (Å²) in [5.74, 6) is -0.260. The maximum absolute atomic E-state index is 13.0. The third kappa shape index (κ3) is 4.76. The number of carbonyl (C=O) groups is 2. The van der Waals surface area contributed by atoms with Gasteiger partial charge in [0.25, 0.3) is 0 Å². The summed E-state index contributed by atoms with van der Waals surface area (Å²) >= 11 is 0. The van der Waals surface area contributed by atoms with Gasteiger partial charge in [0.15, 0.2) is 5.41 Å². The Morgan fingerprint density at radius 3 is 1.22 bits per heavy atom. The van der Waals surface area contributed by atoms with Crippen LogP contribution in [0.3, 0.4) is 0 Å². The molecule has 0 aliphatic carbocycles. The molecule has 0 saturated heterocycles. The Hall–Kier alpha value is -2.62. The van der Waals surface area contributed by atoms with E-state index < -0.39 is 17.4 Å². The Labute approximate surface area is 161 Å². The second-order valence-corrected chi connectivity index (χ2v) is 7.22. The number of hydrogen-bond donors (Lipinski definition) is 0. The van der Waals surface area contributed by atoms with Crippen LogP contribution in [-0.2, 0) is 9.59 Å². The van der Waals surface area contributed by atoms with Crippen molar-refractivity contribution < 1.29 is 19.1 Å². The van der Waals surface area contributed by atoms with Crippen LogP contribution in [0.5, 0.6) is 11.5 Å². The SMILES string of the molecule is CCC(CC)(C(=O)Oc1cc(C)cc(C)c1)C(=O)Oc1cc(C)cc(C)c1. The molecule has 0 aliphatic rings. The first-order valence-electron chi connectivity index (χ1n) is 9.31. The van der Waals surface area contributed by atoms with Gasteiger partial charge < -0.3 is 9.47 Å². The lowest BCUT2D eigenvalue weighted by molar-refractivity contribution is -0.161. The average molecular weight is 368 g/mol. The number of esters is 2. The highest BCUT2D eigenvalue weighted by molar-refractivity contribution is 6.01. The van der Waals surface area contributed by atoms with Gasteiger partial charge in [-0.05, 0) is 87.1 Å². The van der Waals surface area contributed by atoms with Crippen molar-refractivity contribution in [2.75, 3.05) is 0 Å². The molecule has 4 heteroatoms. The zero-order valence-electron chi connectivity index (χ0n) is 17.0. The van der Waals surface area contributed by atoms with Gasteiger partial charge in [0.2, 0.25) is 0 Å². The van der Waals surface area contributed by atoms with E-state index in [9.17, 15) is 9.59 Å². The maximum Gasteiger partial charge on any atom is 0.328 e. The van der Waals surface area contributed by atoms with Gasteiger partial charge in [-0.25, -0.2) is 0 Å². The zero-order chi connectivity index (χ0) is 20.2. The first kappa shape index (κ1) is 20.7. The second-order valence-electron chi connectivity index (χ2n) is 7.22. The Morgan fingerprint density at radius 1 is 0.667 bits per heavy atom. The van der Waals surface area contributed by atoms with Gasteiger partial charge >= 0.3 is 11.9 Å². The quantitative estimate of drug-likeness (QED) is 0.398. The molecule has 0 atom stereocenters. The number of carbonyl (C=O) groups excluding carboxylic acids is 2. The van der Waals surface area contributed by atoms with Gasteiger partial charge in [0.05, 0.1) is 0 Å². The Bertz CT molecular complexity index is 739. The molecular weight excluding hydrogens is 340 g/mol. The maximum atomic E-state index is 13.0. The van der Waals surface area contributed by atoms with E-state index in [2.05, 4.69) is 0 Å².